The maximum Gasteiger partial charge on any atom is 0.308 e. The van der Waals surface area contributed by atoms with Crippen LogP contribution in [-0.4, -0.2) is 64.8 Å². The Balaban J connectivity index is 1.64. The largest absolute Gasteiger partial charge is 0.497 e. The van der Waals surface area contributed by atoms with Gasteiger partial charge in [-0.2, -0.15) is 11.8 Å². The van der Waals surface area contributed by atoms with Crippen molar-refractivity contribution < 1.29 is 19.7 Å². The molecule has 1 fully saturated rings. The fourth-order valence-electron chi connectivity index (χ4n) is 4.42. The molecular weight excluding hydrogens is 400 g/mol. The molecule has 3 rings (SSSR count). The van der Waals surface area contributed by atoms with Crippen molar-refractivity contribution in [3.05, 3.63) is 36.0 Å². The van der Waals surface area contributed by atoms with Gasteiger partial charge >= 0.3 is 5.97 Å². The second kappa shape index (κ2) is 11.0. The molecule has 1 aromatic heterocycles. The summed E-state index contributed by atoms with van der Waals surface area (Å²) in [5, 5.41) is 21.5. The minimum absolute atomic E-state index is 0.0941. The van der Waals surface area contributed by atoms with Gasteiger partial charge in [-0.3, -0.25) is 9.78 Å². The number of rotatable bonds is 10. The number of ether oxygens (including phenoxy) is 1. The summed E-state index contributed by atoms with van der Waals surface area (Å²) in [5.74, 6) is 0.840. The van der Waals surface area contributed by atoms with Crippen LogP contribution in [0, 0.1) is 11.8 Å². The molecular formula is C23H32N2O4S. The lowest BCUT2D eigenvalue weighted by molar-refractivity contribution is -0.146. The molecule has 2 heterocycles. The van der Waals surface area contributed by atoms with E-state index in [2.05, 4.69) is 16.1 Å². The van der Waals surface area contributed by atoms with Crippen molar-refractivity contribution in [1.29, 1.82) is 0 Å². The first-order chi connectivity index (χ1) is 14.5. The van der Waals surface area contributed by atoms with E-state index in [0.717, 1.165) is 53.9 Å². The number of aliphatic hydroxyl groups is 1. The Kier molecular flexibility index (Phi) is 8.36. The van der Waals surface area contributed by atoms with Crippen LogP contribution < -0.4 is 4.74 Å². The molecule has 1 saturated heterocycles. The number of piperidine rings is 1. The highest BCUT2D eigenvalue weighted by molar-refractivity contribution is 7.98. The summed E-state index contributed by atoms with van der Waals surface area (Å²) in [4.78, 5) is 18.5. The van der Waals surface area contributed by atoms with Crippen LogP contribution in [0.3, 0.4) is 0 Å². The molecule has 3 atom stereocenters. The summed E-state index contributed by atoms with van der Waals surface area (Å²) in [6.07, 6.45) is 6.35. The highest BCUT2D eigenvalue weighted by Crippen LogP contribution is 2.33. The third-order valence-corrected chi connectivity index (χ3v) is 6.83. The summed E-state index contributed by atoms with van der Waals surface area (Å²) in [7, 11) is 1.62. The van der Waals surface area contributed by atoms with Crippen LogP contribution in [0.4, 0.5) is 0 Å². The molecule has 2 aromatic rings. The van der Waals surface area contributed by atoms with Crippen LogP contribution in [-0.2, 0) is 4.79 Å². The molecule has 0 spiro atoms. The molecule has 0 saturated carbocycles. The summed E-state index contributed by atoms with van der Waals surface area (Å²) >= 11 is 1.83. The molecule has 7 heteroatoms. The van der Waals surface area contributed by atoms with Gasteiger partial charge in [0.25, 0.3) is 0 Å². The van der Waals surface area contributed by atoms with Gasteiger partial charge in [0.2, 0.25) is 0 Å². The van der Waals surface area contributed by atoms with E-state index in [0.29, 0.717) is 19.4 Å². The zero-order chi connectivity index (χ0) is 21.5. The Morgan fingerprint density at radius 3 is 2.97 bits per heavy atom. The predicted molar refractivity (Wildman–Crippen MR) is 121 cm³/mol. The highest BCUT2D eigenvalue weighted by atomic mass is 32.2. The number of aliphatic carboxylic acids is 1. The first kappa shape index (κ1) is 22.8. The molecule has 0 unspecified atom stereocenters. The first-order valence-electron chi connectivity index (χ1n) is 10.6. The fourth-order valence-corrected chi connectivity index (χ4v) is 4.84. The molecule has 1 aromatic carbocycles. The molecule has 0 bridgehead atoms. The number of nitrogens with zero attached hydrogens (tertiary/aromatic N) is 2. The average molecular weight is 433 g/mol. The second-order valence-electron chi connectivity index (χ2n) is 8.02. The number of pyridine rings is 1. The molecule has 1 aliphatic heterocycles. The van der Waals surface area contributed by atoms with Gasteiger partial charge in [0.1, 0.15) is 5.75 Å². The van der Waals surface area contributed by atoms with Crippen LogP contribution in [0.25, 0.3) is 10.9 Å². The van der Waals surface area contributed by atoms with E-state index < -0.39 is 12.1 Å². The third-order valence-electron chi connectivity index (χ3n) is 6.13. The Hall–Kier alpha value is -1.83. The van der Waals surface area contributed by atoms with E-state index in [4.69, 9.17) is 4.74 Å². The Bertz CT molecular complexity index is 847. The van der Waals surface area contributed by atoms with Gasteiger partial charge in [0.15, 0.2) is 0 Å². The number of aliphatic hydroxyl groups excluding tert-OH is 1. The number of carbonyl (C=O) groups is 1. The topological polar surface area (TPSA) is 82.9 Å². The van der Waals surface area contributed by atoms with Gasteiger partial charge in [-0.05, 0) is 86.5 Å². The van der Waals surface area contributed by atoms with Crippen molar-refractivity contribution >= 4 is 28.6 Å². The van der Waals surface area contributed by atoms with Crippen LogP contribution in [0.15, 0.2) is 30.5 Å². The number of benzene rings is 1. The monoisotopic (exact) mass is 432 g/mol. The van der Waals surface area contributed by atoms with Crippen LogP contribution >= 0.6 is 11.8 Å². The number of likely N-dealkylation sites (tertiary alicyclic amines) is 1. The molecule has 0 amide bonds. The third kappa shape index (κ3) is 5.65. The van der Waals surface area contributed by atoms with Crippen molar-refractivity contribution in [1.82, 2.24) is 9.88 Å². The SMILES string of the molecule is COc1ccc2nccc([C@@H](O)CC[C@@H]3CCN(CCCSC)C[C@@H]3C(=O)O)c2c1. The van der Waals surface area contributed by atoms with E-state index in [-0.39, 0.29) is 11.8 Å². The molecule has 2 N–H and O–H groups in total. The molecule has 164 valence electrons. The number of aromatic nitrogens is 1. The average Bonchev–Trinajstić information content (AvgIpc) is 2.77. The first-order valence-corrected chi connectivity index (χ1v) is 12.0. The Morgan fingerprint density at radius 2 is 2.23 bits per heavy atom. The molecule has 6 nitrogen and oxygen atoms in total. The smallest absolute Gasteiger partial charge is 0.308 e. The number of thioether (sulfide) groups is 1. The Labute approximate surface area is 182 Å². The fraction of sp³-hybridized carbons (Fsp3) is 0.565. The summed E-state index contributed by atoms with van der Waals surface area (Å²) in [6, 6.07) is 7.48. The number of hydrogen-bond donors (Lipinski definition) is 2. The molecule has 0 aliphatic carbocycles. The minimum atomic E-state index is -0.719. The van der Waals surface area contributed by atoms with Gasteiger partial charge in [0, 0.05) is 18.1 Å². The van der Waals surface area contributed by atoms with Gasteiger partial charge in [-0.25, -0.2) is 0 Å². The van der Waals surface area contributed by atoms with Crippen molar-refractivity contribution in [3.8, 4) is 5.75 Å². The molecule has 30 heavy (non-hydrogen) atoms. The van der Waals surface area contributed by atoms with E-state index in [1.54, 1.807) is 13.3 Å². The summed E-state index contributed by atoms with van der Waals surface area (Å²) < 4.78 is 5.32. The van der Waals surface area contributed by atoms with Crippen LogP contribution in [0.2, 0.25) is 0 Å². The number of carboxylic acids is 1. The zero-order valence-electron chi connectivity index (χ0n) is 17.8. The van der Waals surface area contributed by atoms with E-state index >= 15 is 0 Å². The van der Waals surface area contributed by atoms with Crippen LogP contribution in [0.1, 0.15) is 37.4 Å². The number of carboxylic acid groups (broad SMARTS) is 1. The quantitative estimate of drug-likeness (QED) is 0.552. The highest BCUT2D eigenvalue weighted by Gasteiger charge is 2.34. The standard InChI is InChI=1S/C23H32N2O4S/c1-29-17-5-6-21-19(14-17)18(8-10-24-21)22(26)7-4-16-9-12-25(11-3-13-30-2)15-20(16)23(27)28/h5-6,8,10,14,16,20,22,26H,3-4,7,9,11-13,15H2,1-2H3,(H,27,28)/t16-,20+,22+/m1/s1. The summed E-state index contributed by atoms with van der Waals surface area (Å²) in [5.41, 5.74) is 1.63. The number of methoxy groups -OCH3 is 1. The van der Waals surface area contributed by atoms with Crippen LogP contribution in [0.5, 0.6) is 5.75 Å². The normalized spacial score (nSPS) is 20.9. The van der Waals surface area contributed by atoms with Crippen molar-refractivity contribution in [2.75, 3.05) is 38.8 Å². The zero-order valence-corrected chi connectivity index (χ0v) is 18.6. The van der Waals surface area contributed by atoms with Crippen molar-refractivity contribution in [3.63, 3.8) is 0 Å². The second-order valence-corrected chi connectivity index (χ2v) is 9.00. The number of fused-ring (bicyclic) bond motifs is 1. The van der Waals surface area contributed by atoms with Gasteiger partial charge in [-0.1, -0.05) is 0 Å². The molecule has 1 aliphatic rings. The van der Waals surface area contributed by atoms with Gasteiger partial charge in [-0.15, -0.1) is 0 Å². The minimum Gasteiger partial charge on any atom is -0.497 e. The predicted octanol–water partition coefficient (Wildman–Crippen LogP) is 3.83. The maximum absolute atomic E-state index is 11.9. The van der Waals surface area contributed by atoms with E-state index in [1.807, 2.05) is 36.0 Å². The van der Waals surface area contributed by atoms with Crippen molar-refractivity contribution in [2.45, 2.75) is 31.8 Å². The lowest BCUT2D eigenvalue weighted by atomic mass is 9.81. The lowest BCUT2D eigenvalue weighted by Crippen LogP contribution is -2.44. The van der Waals surface area contributed by atoms with Gasteiger partial charge < -0.3 is 19.8 Å². The summed E-state index contributed by atoms with van der Waals surface area (Å²) in [6.45, 7) is 2.51. The maximum atomic E-state index is 11.9. The van der Waals surface area contributed by atoms with E-state index in [9.17, 15) is 15.0 Å². The van der Waals surface area contributed by atoms with Crippen molar-refractivity contribution in [2.24, 2.45) is 11.8 Å². The lowest BCUT2D eigenvalue weighted by Gasteiger charge is -2.37. The molecule has 0 radical (unpaired) electrons. The van der Waals surface area contributed by atoms with Gasteiger partial charge in [0.05, 0.1) is 24.6 Å². The Morgan fingerprint density at radius 1 is 1.40 bits per heavy atom. The number of hydrogen-bond acceptors (Lipinski definition) is 6. The van der Waals surface area contributed by atoms with E-state index in [1.165, 1.54) is 0 Å².